The fourth-order valence-corrected chi connectivity index (χ4v) is 8.79. The van der Waals surface area contributed by atoms with Gasteiger partial charge in [-0.3, -0.25) is 0 Å². The van der Waals surface area contributed by atoms with E-state index in [1.54, 1.807) is 0 Å². The van der Waals surface area contributed by atoms with Crippen LogP contribution in [-0.4, -0.2) is 0 Å². The van der Waals surface area contributed by atoms with E-state index in [0.717, 1.165) is 17.1 Å². The zero-order valence-corrected chi connectivity index (χ0v) is 25.4. The molecule has 1 aliphatic rings. The molecule has 0 bridgehead atoms. The highest BCUT2D eigenvalue weighted by Gasteiger charge is 2.48. The predicted molar refractivity (Wildman–Crippen MR) is 191 cm³/mol. The van der Waals surface area contributed by atoms with Crippen molar-refractivity contribution in [3.8, 4) is 11.1 Å². The van der Waals surface area contributed by atoms with Crippen LogP contribution in [0.25, 0.3) is 31.3 Å². The Morgan fingerprint density at radius 1 is 0.422 bits per heavy atom. The van der Waals surface area contributed by atoms with Gasteiger partial charge in [-0.05, 0) is 75.8 Å². The summed E-state index contributed by atoms with van der Waals surface area (Å²) in [7, 11) is 0. The number of anilines is 3. The van der Waals surface area contributed by atoms with E-state index in [-0.39, 0.29) is 0 Å². The van der Waals surface area contributed by atoms with Gasteiger partial charge in [0.05, 0.1) is 5.41 Å². The van der Waals surface area contributed by atoms with Crippen LogP contribution >= 0.6 is 11.3 Å². The van der Waals surface area contributed by atoms with Crippen molar-refractivity contribution < 1.29 is 0 Å². The molecular formula is C43H29NS. The van der Waals surface area contributed by atoms with E-state index in [1.165, 1.54) is 53.6 Å². The van der Waals surface area contributed by atoms with Crippen molar-refractivity contribution in [2.75, 3.05) is 4.90 Å². The summed E-state index contributed by atoms with van der Waals surface area (Å²) in [5.74, 6) is 0. The molecule has 1 aliphatic carbocycles. The maximum Gasteiger partial charge on any atom is 0.0728 e. The minimum absolute atomic E-state index is 0.497. The summed E-state index contributed by atoms with van der Waals surface area (Å²) in [5, 5.41) is 2.65. The van der Waals surface area contributed by atoms with E-state index in [0.29, 0.717) is 0 Å². The molecule has 212 valence electrons. The number of rotatable bonds is 5. The van der Waals surface area contributed by atoms with Crippen LogP contribution in [0, 0.1) is 0 Å². The monoisotopic (exact) mass is 591 g/mol. The molecule has 0 radical (unpaired) electrons. The van der Waals surface area contributed by atoms with Gasteiger partial charge in [0.2, 0.25) is 0 Å². The average molecular weight is 592 g/mol. The van der Waals surface area contributed by atoms with Gasteiger partial charge in [0.1, 0.15) is 0 Å². The van der Waals surface area contributed by atoms with Gasteiger partial charge in [0.15, 0.2) is 0 Å². The molecule has 1 nitrogen and oxygen atoms in total. The molecule has 0 aliphatic heterocycles. The Kier molecular flexibility index (Phi) is 5.97. The van der Waals surface area contributed by atoms with Crippen LogP contribution < -0.4 is 4.90 Å². The van der Waals surface area contributed by atoms with Gasteiger partial charge >= 0.3 is 0 Å². The number of hydrogen-bond donors (Lipinski definition) is 0. The van der Waals surface area contributed by atoms with Crippen LogP contribution in [0.15, 0.2) is 176 Å². The number of thiophene rings is 1. The second-order valence-corrected chi connectivity index (χ2v) is 12.7. The molecule has 45 heavy (non-hydrogen) atoms. The van der Waals surface area contributed by atoms with Crippen molar-refractivity contribution in [2.45, 2.75) is 5.41 Å². The Bertz CT molecular complexity index is 2230. The van der Waals surface area contributed by atoms with Gasteiger partial charge in [-0.2, -0.15) is 0 Å². The first kappa shape index (κ1) is 26.0. The lowest BCUT2D eigenvalue weighted by Crippen LogP contribution is -2.29. The highest BCUT2D eigenvalue weighted by molar-refractivity contribution is 7.26. The normalized spacial score (nSPS) is 13.1. The van der Waals surface area contributed by atoms with Crippen molar-refractivity contribution in [3.05, 3.63) is 198 Å². The van der Waals surface area contributed by atoms with E-state index < -0.39 is 5.41 Å². The first-order valence-corrected chi connectivity index (χ1v) is 16.3. The SMILES string of the molecule is c1ccc(N(c2ccccc2)c2ccc3c(c2)C(c2ccccc2)(c2ccccc2)c2c-3ccc3c2sc2ccccc23)cc1. The summed E-state index contributed by atoms with van der Waals surface area (Å²) in [6.07, 6.45) is 0. The maximum atomic E-state index is 2.45. The average Bonchev–Trinajstić information content (AvgIpc) is 3.64. The lowest BCUT2D eigenvalue weighted by atomic mass is 9.67. The van der Waals surface area contributed by atoms with E-state index in [9.17, 15) is 0 Å². The molecule has 8 aromatic rings. The summed E-state index contributed by atoms with van der Waals surface area (Å²) in [6.45, 7) is 0. The Morgan fingerprint density at radius 3 is 1.58 bits per heavy atom. The molecule has 0 fully saturated rings. The third kappa shape index (κ3) is 3.86. The predicted octanol–water partition coefficient (Wildman–Crippen LogP) is 11.9. The van der Waals surface area contributed by atoms with Crippen LogP contribution in [0.2, 0.25) is 0 Å². The van der Waals surface area contributed by atoms with E-state index in [1.807, 2.05) is 11.3 Å². The smallest absolute Gasteiger partial charge is 0.0728 e. The molecular weight excluding hydrogens is 563 g/mol. The number of benzene rings is 7. The van der Waals surface area contributed by atoms with Gasteiger partial charge in [-0.1, -0.05) is 133 Å². The Balaban J connectivity index is 1.42. The Hall–Kier alpha value is -5.44. The van der Waals surface area contributed by atoms with Crippen LogP contribution in [0.3, 0.4) is 0 Å². The molecule has 0 atom stereocenters. The molecule has 0 unspecified atom stereocenters. The van der Waals surface area contributed by atoms with Crippen molar-refractivity contribution >= 4 is 48.6 Å². The number of para-hydroxylation sites is 2. The summed E-state index contributed by atoms with van der Waals surface area (Å²) >= 11 is 1.92. The Labute approximate surface area is 267 Å². The van der Waals surface area contributed by atoms with Crippen molar-refractivity contribution in [3.63, 3.8) is 0 Å². The fraction of sp³-hybridized carbons (Fsp3) is 0.0233. The van der Waals surface area contributed by atoms with E-state index in [2.05, 4.69) is 181 Å². The van der Waals surface area contributed by atoms with Gasteiger partial charge in [-0.15, -0.1) is 11.3 Å². The number of nitrogens with zero attached hydrogens (tertiary/aromatic N) is 1. The standard InChI is InChI=1S/C43H29NS/c1-5-15-30(16-6-1)43(31-17-7-2-8-18-31)39-29-34(44(32-19-9-3-10-20-32)33-21-11-4-12-22-33)25-26-35(39)37-27-28-38-36-23-13-14-24-40(36)45-42(38)41(37)43/h1-29H. The molecule has 7 aromatic carbocycles. The van der Waals surface area contributed by atoms with Gasteiger partial charge in [-0.25, -0.2) is 0 Å². The van der Waals surface area contributed by atoms with Gasteiger partial charge in [0, 0.05) is 37.2 Å². The number of hydrogen-bond acceptors (Lipinski definition) is 2. The van der Waals surface area contributed by atoms with Crippen LogP contribution in [0.4, 0.5) is 17.1 Å². The topological polar surface area (TPSA) is 3.24 Å². The largest absolute Gasteiger partial charge is 0.310 e. The summed E-state index contributed by atoms with van der Waals surface area (Å²) in [4.78, 5) is 2.37. The quantitative estimate of drug-likeness (QED) is 0.192. The molecule has 1 aromatic heterocycles. The Morgan fingerprint density at radius 2 is 0.956 bits per heavy atom. The first-order valence-electron chi connectivity index (χ1n) is 15.4. The summed E-state index contributed by atoms with van der Waals surface area (Å²) in [5.41, 5.74) is 10.8. The summed E-state index contributed by atoms with van der Waals surface area (Å²) in [6, 6.07) is 64.3. The lowest BCUT2D eigenvalue weighted by molar-refractivity contribution is 0.776. The third-order valence-corrected chi connectivity index (χ3v) is 10.5. The highest BCUT2D eigenvalue weighted by Crippen LogP contribution is 2.60. The molecule has 0 saturated heterocycles. The van der Waals surface area contributed by atoms with Crippen LogP contribution in [0.1, 0.15) is 22.3 Å². The molecule has 9 rings (SSSR count). The second-order valence-electron chi connectivity index (χ2n) is 11.7. The molecule has 1 heterocycles. The minimum Gasteiger partial charge on any atom is -0.310 e. The molecule has 0 spiro atoms. The van der Waals surface area contributed by atoms with Crippen molar-refractivity contribution in [1.82, 2.24) is 0 Å². The maximum absolute atomic E-state index is 2.45. The van der Waals surface area contributed by atoms with Gasteiger partial charge < -0.3 is 4.90 Å². The van der Waals surface area contributed by atoms with E-state index >= 15 is 0 Å². The summed E-state index contributed by atoms with van der Waals surface area (Å²) < 4.78 is 2.69. The molecule has 0 amide bonds. The molecule has 0 saturated carbocycles. The van der Waals surface area contributed by atoms with Crippen molar-refractivity contribution in [2.24, 2.45) is 0 Å². The minimum atomic E-state index is -0.497. The van der Waals surface area contributed by atoms with Gasteiger partial charge in [0.25, 0.3) is 0 Å². The number of fused-ring (bicyclic) bond motifs is 7. The highest BCUT2D eigenvalue weighted by atomic mass is 32.1. The third-order valence-electron chi connectivity index (χ3n) is 9.32. The zero-order valence-electron chi connectivity index (χ0n) is 24.6. The van der Waals surface area contributed by atoms with Crippen LogP contribution in [0.5, 0.6) is 0 Å². The van der Waals surface area contributed by atoms with Crippen LogP contribution in [-0.2, 0) is 5.41 Å². The fourth-order valence-electron chi connectivity index (χ4n) is 7.48. The lowest BCUT2D eigenvalue weighted by Gasteiger charge is -2.35. The zero-order chi connectivity index (χ0) is 29.8. The van der Waals surface area contributed by atoms with E-state index in [4.69, 9.17) is 0 Å². The van der Waals surface area contributed by atoms with Crippen molar-refractivity contribution in [1.29, 1.82) is 0 Å². The second kappa shape index (κ2) is 10.3. The molecule has 0 N–H and O–H groups in total. The molecule has 2 heteroatoms. The first-order chi connectivity index (χ1) is 22.3.